The van der Waals surface area contributed by atoms with Crippen molar-refractivity contribution in [2.45, 2.75) is 6.92 Å². The van der Waals surface area contributed by atoms with Crippen molar-refractivity contribution in [3.05, 3.63) is 78.0 Å². The number of benzene rings is 2. The minimum absolute atomic E-state index is 0.160. The van der Waals surface area contributed by atoms with Crippen molar-refractivity contribution >= 4 is 11.6 Å². The first kappa shape index (κ1) is 15.7. The molecular formula is C20H18N2O2. The molecule has 120 valence electrons. The fraction of sp³-hybridized carbons (Fsp3) is 0.100. The third kappa shape index (κ3) is 3.43. The summed E-state index contributed by atoms with van der Waals surface area (Å²) in [6.07, 6.45) is 0. The minimum Gasteiger partial charge on any atom is -0.497 e. The highest BCUT2D eigenvalue weighted by Crippen LogP contribution is 2.22. The summed E-state index contributed by atoms with van der Waals surface area (Å²) in [6.45, 7) is 1.84. The Bertz CT molecular complexity index is 843. The number of anilines is 1. The predicted molar refractivity (Wildman–Crippen MR) is 95.4 cm³/mol. The molecule has 0 aliphatic heterocycles. The van der Waals surface area contributed by atoms with E-state index in [2.05, 4.69) is 10.3 Å². The van der Waals surface area contributed by atoms with Crippen LogP contribution in [0, 0.1) is 6.92 Å². The SMILES string of the molecule is COc1ccc(-c2ccc(C(=O)Nc3ccccc3)c(C)n2)cc1. The molecule has 3 rings (SSSR count). The number of pyridine rings is 1. The molecule has 0 radical (unpaired) electrons. The number of aromatic nitrogens is 1. The molecule has 4 heteroatoms. The van der Waals surface area contributed by atoms with Crippen molar-refractivity contribution in [1.29, 1.82) is 0 Å². The molecule has 0 spiro atoms. The number of amides is 1. The van der Waals surface area contributed by atoms with Gasteiger partial charge in [-0.2, -0.15) is 0 Å². The van der Waals surface area contributed by atoms with E-state index in [-0.39, 0.29) is 5.91 Å². The fourth-order valence-corrected chi connectivity index (χ4v) is 2.44. The minimum atomic E-state index is -0.160. The molecule has 0 unspecified atom stereocenters. The molecule has 1 N–H and O–H groups in total. The van der Waals surface area contributed by atoms with E-state index in [4.69, 9.17) is 4.74 Å². The fourth-order valence-electron chi connectivity index (χ4n) is 2.44. The van der Waals surface area contributed by atoms with Gasteiger partial charge in [-0.25, -0.2) is 0 Å². The lowest BCUT2D eigenvalue weighted by Crippen LogP contribution is -2.14. The quantitative estimate of drug-likeness (QED) is 0.779. The van der Waals surface area contributed by atoms with Gasteiger partial charge in [-0.3, -0.25) is 9.78 Å². The van der Waals surface area contributed by atoms with Gasteiger partial charge < -0.3 is 10.1 Å². The van der Waals surface area contributed by atoms with Crippen LogP contribution in [0.5, 0.6) is 5.75 Å². The number of ether oxygens (including phenoxy) is 1. The summed E-state index contributed by atoms with van der Waals surface area (Å²) in [7, 11) is 1.64. The first-order chi connectivity index (χ1) is 11.7. The molecule has 0 aliphatic carbocycles. The Morgan fingerprint density at radius 1 is 0.958 bits per heavy atom. The van der Waals surface area contributed by atoms with Gasteiger partial charge in [0.25, 0.3) is 5.91 Å². The zero-order valence-electron chi connectivity index (χ0n) is 13.6. The third-order valence-electron chi connectivity index (χ3n) is 3.75. The van der Waals surface area contributed by atoms with Crippen molar-refractivity contribution < 1.29 is 9.53 Å². The lowest BCUT2D eigenvalue weighted by molar-refractivity contribution is 0.102. The zero-order valence-corrected chi connectivity index (χ0v) is 13.6. The molecule has 3 aromatic rings. The normalized spacial score (nSPS) is 10.2. The van der Waals surface area contributed by atoms with Crippen LogP contribution in [0.4, 0.5) is 5.69 Å². The summed E-state index contributed by atoms with van der Waals surface area (Å²) in [5.41, 5.74) is 3.83. The molecule has 1 heterocycles. The lowest BCUT2D eigenvalue weighted by Gasteiger charge is -2.09. The molecule has 0 saturated heterocycles. The number of aryl methyl sites for hydroxylation is 1. The van der Waals surface area contributed by atoms with E-state index in [1.165, 1.54) is 0 Å². The summed E-state index contributed by atoms with van der Waals surface area (Å²) < 4.78 is 5.16. The number of nitrogens with one attached hydrogen (secondary N) is 1. The zero-order chi connectivity index (χ0) is 16.9. The van der Waals surface area contributed by atoms with Gasteiger partial charge in [-0.15, -0.1) is 0 Å². The van der Waals surface area contributed by atoms with Gasteiger partial charge in [0.15, 0.2) is 0 Å². The predicted octanol–water partition coefficient (Wildman–Crippen LogP) is 4.32. The average Bonchev–Trinajstić information content (AvgIpc) is 2.62. The smallest absolute Gasteiger partial charge is 0.257 e. The van der Waals surface area contributed by atoms with Crippen molar-refractivity contribution in [2.75, 3.05) is 12.4 Å². The number of hydrogen-bond acceptors (Lipinski definition) is 3. The van der Waals surface area contributed by atoms with Gasteiger partial charge >= 0.3 is 0 Å². The highest BCUT2D eigenvalue weighted by atomic mass is 16.5. The van der Waals surface area contributed by atoms with Crippen LogP contribution in [0.3, 0.4) is 0 Å². The van der Waals surface area contributed by atoms with Crippen LogP contribution >= 0.6 is 0 Å². The molecule has 2 aromatic carbocycles. The Morgan fingerprint density at radius 3 is 2.29 bits per heavy atom. The third-order valence-corrected chi connectivity index (χ3v) is 3.75. The van der Waals surface area contributed by atoms with Gasteiger partial charge in [0.2, 0.25) is 0 Å². The average molecular weight is 318 g/mol. The number of rotatable bonds is 4. The maximum atomic E-state index is 12.4. The van der Waals surface area contributed by atoms with Crippen molar-refractivity contribution in [2.24, 2.45) is 0 Å². The van der Waals surface area contributed by atoms with E-state index in [1.54, 1.807) is 13.2 Å². The number of carbonyl (C=O) groups excluding carboxylic acids is 1. The summed E-state index contributed by atoms with van der Waals surface area (Å²) in [5.74, 6) is 0.641. The van der Waals surface area contributed by atoms with E-state index in [9.17, 15) is 4.79 Å². The molecule has 1 aromatic heterocycles. The molecule has 0 aliphatic rings. The van der Waals surface area contributed by atoms with Crippen molar-refractivity contribution in [1.82, 2.24) is 4.98 Å². The Balaban J connectivity index is 1.82. The van der Waals surface area contributed by atoms with Crippen LogP contribution in [0.15, 0.2) is 66.7 Å². The standard InChI is InChI=1S/C20H18N2O2/c1-14-18(20(23)22-16-6-4-3-5-7-16)12-13-19(21-14)15-8-10-17(24-2)11-9-15/h3-13H,1-2H3,(H,22,23). The van der Waals surface area contributed by atoms with Gasteiger partial charge in [-0.1, -0.05) is 18.2 Å². The van der Waals surface area contributed by atoms with E-state index < -0.39 is 0 Å². The molecule has 0 fully saturated rings. The maximum absolute atomic E-state index is 12.4. The number of methoxy groups -OCH3 is 1. The lowest BCUT2D eigenvalue weighted by atomic mass is 10.1. The summed E-state index contributed by atoms with van der Waals surface area (Å²) in [6, 6.07) is 20.7. The molecule has 0 bridgehead atoms. The van der Waals surface area contributed by atoms with Gasteiger partial charge in [0.05, 0.1) is 24.1 Å². The highest BCUT2D eigenvalue weighted by molar-refractivity contribution is 6.05. The van der Waals surface area contributed by atoms with E-state index in [0.717, 1.165) is 22.7 Å². The monoisotopic (exact) mass is 318 g/mol. The Labute approximate surface area is 141 Å². The molecule has 24 heavy (non-hydrogen) atoms. The van der Waals surface area contributed by atoms with Gasteiger partial charge in [0, 0.05) is 11.3 Å². The Kier molecular flexibility index (Phi) is 4.57. The van der Waals surface area contributed by atoms with Crippen LogP contribution in [-0.4, -0.2) is 18.0 Å². The molecular weight excluding hydrogens is 300 g/mol. The topological polar surface area (TPSA) is 51.2 Å². The number of carbonyl (C=O) groups is 1. The van der Waals surface area contributed by atoms with Crippen LogP contribution in [0.2, 0.25) is 0 Å². The largest absolute Gasteiger partial charge is 0.497 e. The second kappa shape index (κ2) is 6.96. The van der Waals surface area contributed by atoms with Gasteiger partial charge in [-0.05, 0) is 55.5 Å². The van der Waals surface area contributed by atoms with E-state index >= 15 is 0 Å². The Morgan fingerprint density at radius 2 is 1.67 bits per heavy atom. The number of para-hydroxylation sites is 1. The molecule has 1 amide bonds. The van der Waals surface area contributed by atoms with Crippen LogP contribution in [0.1, 0.15) is 16.1 Å². The number of nitrogens with zero attached hydrogens (tertiary/aromatic N) is 1. The van der Waals surface area contributed by atoms with E-state index in [0.29, 0.717) is 11.3 Å². The second-order valence-corrected chi connectivity index (χ2v) is 5.38. The van der Waals surface area contributed by atoms with Crippen LogP contribution in [-0.2, 0) is 0 Å². The molecule has 0 saturated carbocycles. The second-order valence-electron chi connectivity index (χ2n) is 5.38. The molecule has 0 atom stereocenters. The Hall–Kier alpha value is -3.14. The molecule has 4 nitrogen and oxygen atoms in total. The maximum Gasteiger partial charge on any atom is 0.257 e. The van der Waals surface area contributed by atoms with Gasteiger partial charge in [0.1, 0.15) is 5.75 Å². The number of hydrogen-bond donors (Lipinski definition) is 1. The van der Waals surface area contributed by atoms with Crippen molar-refractivity contribution in [3.8, 4) is 17.0 Å². The van der Waals surface area contributed by atoms with Crippen molar-refractivity contribution in [3.63, 3.8) is 0 Å². The highest BCUT2D eigenvalue weighted by Gasteiger charge is 2.11. The summed E-state index contributed by atoms with van der Waals surface area (Å²) in [5, 5.41) is 2.88. The first-order valence-corrected chi connectivity index (χ1v) is 7.66. The summed E-state index contributed by atoms with van der Waals surface area (Å²) >= 11 is 0. The van der Waals surface area contributed by atoms with Crippen LogP contribution in [0.25, 0.3) is 11.3 Å². The first-order valence-electron chi connectivity index (χ1n) is 7.66. The van der Waals surface area contributed by atoms with E-state index in [1.807, 2.05) is 67.6 Å². The summed E-state index contributed by atoms with van der Waals surface area (Å²) in [4.78, 5) is 17.0. The van der Waals surface area contributed by atoms with Crippen LogP contribution < -0.4 is 10.1 Å².